The molecular formula is C15H18N2O6. The lowest BCUT2D eigenvalue weighted by Crippen LogP contribution is -2.50. The van der Waals surface area contributed by atoms with Crippen molar-refractivity contribution in [3.05, 3.63) is 39.9 Å². The van der Waals surface area contributed by atoms with E-state index in [1.54, 1.807) is 12.1 Å². The summed E-state index contributed by atoms with van der Waals surface area (Å²) in [5.41, 5.74) is -0.190. The molecule has 8 heteroatoms. The summed E-state index contributed by atoms with van der Waals surface area (Å²) < 4.78 is 5.21. The van der Waals surface area contributed by atoms with Gasteiger partial charge in [0.15, 0.2) is 0 Å². The van der Waals surface area contributed by atoms with E-state index in [1.165, 1.54) is 12.1 Å². The first kappa shape index (κ1) is 16.9. The number of carbonyl (C=O) groups excluding carboxylic acids is 1. The molecule has 0 aliphatic carbocycles. The fraction of sp³-hybridized carbons (Fsp3) is 0.467. The van der Waals surface area contributed by atoms with E-state index in [2.05, 4.69) is 5.32 Å². The van der Waals surface area contributed by atoms with Crippen molar-refractivity contribution >= 4 is 17.6 Å². The number of nitrogens with zero attached hydrogens (tertiary/aromatic N) is 1. The number of ether oxygens (including phenoxy) is 1. The molecule has 8 nitrogen and oxygen atoms in total. The van der Waals surface area contributed by atoms with Crippen LogP contribution in [-0.4, -0.2) is 40.7 Å². The molecule has 1 amide bonds. The summed E-state index contributed by atoms with van der Waals surface area (Å²) in [4.78, 5) is 33.3. The van der Waals surface area contributed by atoms with Crippen molar-refractivity contribution < 1.29 is 24.4 Å². The Morgan fingerprint density at radius 2 is 2.22 bits per heavy atom. The third kappa shape index (κ3) is 4.75. The van der Waals surface area contributed by atoms with Crippen LogP contribution >= 0.6 is 0 Å². The summed E-state index contributed by atoms with van der Waals surface area (Å²) >= 11 is 0. The zero-order valence-corrected chi connectivity index (χ0v) is 12.5. The van der Waals surface area contributed by atoms with Gasteiger partial charge in [0.25, 0.3) is 5.69 Å². The first-order valence-electron chi connectivity index (χ1n) is 7.24. The van der Waals surface area contributed by atoms with Gasteiger partial charge < -0.3 is 15.2 Å². The van der Waals surface area contributed by atoms with Gasteiger partial charge in [-0.15, -0.1) is 0 Å². The lowest BCUT2D eigenvalue weighted by Gasteiger charge is -2.27. The molecule has 23 heavy (non-hydrogen) atoms. The Morgan fingerprint density at radius 3 is 2.83 bits per heavy atom. The summed E-state index contributed by atoms with van der Waals surface area (Å²) in [6.45, 7) is 0.598. The van der Waals surface area contributed by atoms with Gasteiger partial charge in [-0.2, -0.15) is 0 Å². The maximum absolute atomic E-state index is 12.1. The van der Waals surface area contributed by atoms with Crippen LogP contribution in [0.25, 0.3) is 0 Å². The quantitative estimate of drug-likeness (QED) is 0.576. The second kappa shape index (κ2) is 7.19. The molecule has 1 aliphatic rings. The van der Waals surface area contributed by atoms with Crippen molar-refractivity contribution in [3.63, 3.8) is 0 Å². The number of nitro groups is 1. The molecule has 1 aliphatic heterocycles. The average molecular weight is 322 g/mol. The van der Waals surface area contributed by atoms with Crippen LogP contribution in [0, 0.1) is 10.1 Å². The van der Waals surface area contributed by atoms with Crippen LogP contribution in [-0.2, 0) is 20.7 Å². The van der Waals surface area contributed by atoms with Gasteiger partial charge in [-0.3, -0.25) is 19.7 Å². The van der Waals surface area contributed by atoms with Gasteiger partial charge in [0.2, 0.25) is 5.91 Å². The number of nitrogens with one attached hydrogen (secondary N) is 1. The molecule has 1 saturated heterocycles. The van der Waals surface area contributed by atoms with E-state index < -0.39 is 16.4 Å². The highest BCUT2D eigenvalue weighted by molar-refractivity contribution is 5.78. The second-order valence-electron chi connectivity index (χ2n) is 5.63. The number of non-ortho nitro benzene ring substituents is 1. The smallest absolute Gasteiger partial charge is 0.305 e. The third-order valence-corrected chi connectivity index (χ3v) is 3.76. The van der Waals surface area contributed by atoms with Gasteiger partial charge in [0.05, 0.1) is 23.5 Å². The number of carbonyl (C=O) groups is 2. The molecule has 1 aromatic rings. The van der Waals surface area contributed by atoms with Crippen LogP contribution in [0.4, 0.5) is 5.69 Å². The number of hydrogen-bond donors (Lipinski definition) is 2. The molecule has 0 radical (unpaired) electrons. The number of aryl methyl sites for hydroxylation is 1. The van der Waals surface area contributed by atoms with Crippen molar-refractivity contribution in [1.29, 1.82) is 0 Å². The zero-order chi connectivity index (χ0) is 16.9. The molecule has 124 valence electrons. The van der Waals surface area contributed by atoms with Crippen LogP contribution in [0.3, 0.4) is 0 Å². The molecule has 1 aromatic carbocycles. The molecule has 1 fully saturated rings. The molecule has 1 unspecified atom stereocenters. The number of benzene rings is 1. The van der Waals surface area contributed by atoms with E-state index in [0.717, 1.165) is 0 Å². The van der Waals surface area contributed by atoms with E-state index in [-0.39, 0.29) is 31.0 Å². The van der Waals surface area contributed by atoms with Crippen molar-refractivity contribution in [3.8, 4) is 0 Å². The summed E-state index contributed by atoms with van der Waals surface area (Å²) in [7, 11) is 0. The van der Waals surface area contributed by atoms with Crippen molar-refractivity contribution in [1.82, 2.24) is 5.32 Å². The number of carboxylic acid groups (broad SMARTS) is 1. The highest BCUT2D eigenvalue weighted by Crippen LogP contribution is 2.23. The zero-order valence-electron chi connectivity index (χ0n) is 12.5. The Bertz CT molecular complexity index is 610. The highest BCUT2D eigenvalue weighted by Gasteiger charge is 2.38. The van der Waals surface area contributed by atoms with E-state index in [4.69, 9.17) is 9.84 Å². The molecule has 2 rings (SSSR count). The predicted octanol–water partition coefficient (Wildman–Crippen LogP) is 1.28. The minimum Gasteiger partial charge on any atom is -0.481 e. The number of rotatable bonds is 7. The Balaban J connectivity index is 1.92. The summed E-state index contributed by atoms with van der Waals surface area (Å²) in [5.74, 6) is -1.28. The van der Waals surface area contributed by atoms with Crippen LogP contribution in [0.2, 0.25) is 0 Å². The summed E-state index contributed by atoms with van der Waals surface area (Å²) in [6.07, 6.45) is 0.747. The lowest BCUT2D eigenvalue weighted by molar-refractivity contribution is -0.384. The molecule has 1 atom stereocenters. The second-order valence-corrected chi connectivity index (χ2v) is 5.63. The average Bonchev–Trinajstić information content (AvgIpc) is 2.92. The molecule has 0 saturated carbocycles. The summed E-state index contributed by atoms with van der Waals surface area (Å²) in [6, 6.07) is 6.11. The van der Waals surface area contributed by atoms with Crippen LogP contribution in [0.15, 0.2) is 24.3 Å². The molecule has 1 heterocycles. The fourth-order valence-electron chi connectivity index (χ4n) is 2.62. The number of nitro benzene ring substituents is 1. The van der Waals surface area contributed by atoms with Crippen LogP contribution in [0.5, 0.6) is 0 Å². The van der Waals surface area contributed by atoms with Gasteiger partial charge in [0.1, 0.15) is 0 Å². The van der Waals surface area contributed by atoms with Gasteiger partial charge in [-0.25, -0.2) is 0 Å². The number of hydrogen-bond acceptors (Lipinski definition) is 5. The van der Waals surface area contributed by atoms with Crippen LogP contribution in [0.1, 0.15) is 24.8 Å². The number of aliphatic carboxylic acids is 1. The maximum atomic E-state index is 12.1. The van der Waals surface area contributed by atoms with Gasteiger partial charge in [0, 0.05) is 25.2 Å². The largest absolute Gasteiger partial charge is 0.481 e. The normalized spacial score (nSPS) is 20.2. The minimum atomic E-state index is -0.991. The lowest BCUT2D eigenvalue weighted by atomic mass is 9.94. The molecule has 0 aromatic heterocycles. The minimum absolute atomic E-state index is 0.0190. The Morgan fingerprint density at radius 1 is 1.43 bits per heavy atom. The molecular weight excluding hydrogens is 304 g/mol. The highest BCUT2D eigenvalue weighted by atomic mass is 16.6. The predicted molar refractivity (Wildman–Crippen MR) is 80.0 cm³/mol. The Hall–Kier alpha value is -2.48. The fourth-order valence-corrected chi connectivity index (χ4v) is 2.62. The standard InChI is InChI=1S/C15H18N2O6/c18-13(16-15(9-14(19)20)6-7-23-10-15)5-4-11-2-1-3-12(8-11)17(21)22/h1-3,8H,4-7,9-10H2,(H,16,18)(H,19,20). The molecule has 0 spiro atoms. The topological polar surface area (TPSA) is 119 Å². The molecule has 2 N–H and O–H groups in total. The maximum Gasteiger partial charge on any atom is 0.305 e. The number of amides is 1. The van der Waals surface area contributed by atoms with Gasteiger partial charge in [-0.05, 0) is 18.4 Å². The van der Waals surface area contributed by atoms with Crippen molar-refractivity contribution in [2.45, 2.75) is 31.2 Å². The monoisotopic (exact) mass is 322 g/mol. The first-order valence-corrected chi connectivity index (χ1v) is 7.24. The number of carboxylic acids is 1. The SMILES string of the molecule is O=C(O)CC1(NC(=O)CCc2cccc([N+](=O)[O-])c2)CCOC1. The van der Waals surface area contributed by atoms with Crippen molar-refractivity contribution in [2.75, 3.05) is 13.2 Å². The van der Waals surface area contributed by atoms with Crippen LogP contribution < -0.4 is 5.32 Å². The Labute approximate surface area is 132 Å². The Kier molecular flexibility index (Phi) is 5.28. The summed E-state index contributed by atoms with van der Waals surface area (Å²) in [5, 5.41) is 22.4. The third-order valence-electron chi connectivity index (χ3n) is 3.76. The van der Waals surface area contributed by atoms with E-state index in [0.29, 0.717) is 25.0 Å². The van der Waals surface area contributed by atoms with Gasteiger partial charge >= 0.3 is 5.97 Å². The van der Waals surface area contributed by atoms with Crippen molar-refractivity contribution in [2.24, 2.45) is 0 Å². The van der Waals surface area contributed by atoms with E-state index in [1.807, 2.05) is 0 Å². The van der Waals surface area contributed by atoms with Gasteiger partial charge in [-0.1, -0.05) is 12.1 Å². The van der Waals surface area contributed by atoms with E-state index >= 15 is 0 Å². The first-order chi connectivity index (χ1) is 10.9. The van der Waals surface area contributed by atoms with E-state index in [9.17, 15) is 19.7 Å². The molecule has 0 bridgehead atoms.